The number of hydrogen-bond acceptors (Lipinski definition) is 4. The largest absolute Gasteiger partial charge is 0.493 e. The van der Waals surface area contributed by atoms with Crippen molar-refractivity contribution in [2.75, 3.05) is 12.5 Å². The Hall–Kier alpha value is -1.13. The van der Waals surface area contributed by atoms with Gasteiger partial charge in [-0.15, -0.1) is 33.1 Å². The molecule has 0 radical (unpaired) electrons. The van der Waals surface area contributed by atoms with Crippen LogP contribution < -0.4 is 4.74 Å². The molecule has 0 fully saturated rings. The standard InChI is InChI=1S/C13H13ClN2OS/c14-6-5-12-15-16-13(18-12)10-7-9-3-1-2-4-11(9)17-8-10/h1-4,10H,5-8H2. The highest BCUT2D eigenvalue weighted by Crippen LogP contribution is 2.33. The third-order valence-electron chi connectivity index (χ3n) is 3.02. The minimum Gasteiger partial charge on any atom is -0.493 e. The Morgan fingerprint density at radius 1 is 1.33 bits per heavy atom. The first-order chi connectivity index (χ1) is 8.86. The van der Waals surface area contributed by atoms with Gasteiger partial charge in [-0.1, -0.05) is 18.2 Å². The van der Waals surface area contributed by atoms with Crippen LogP contribution in [0.2, 0.25) is 0 Å². The predicted octanol–water partition coefficient (Wildman–Crippen LogP) is 3.04. The van der Waals surface area contributed by atoms with E-state index >= 15 is 0 Å². The fraction of sp³-hybridized carbons (Fsp3) is 0.385. The molecule has 1 aliphatic rings. The molecule has 1 aliphatic heterocycles. The molecule has 0 saturated heterocycles. The third kappa shape index (κ3) is 2.35. The number of fused-ring (bicyclic) bond motifs is 1. The zero-order valence-corrected chi connectivity index (χ0v) is 11.4. The van der Waals surface area contributed by atoms with E-state index in [2.05, 4.69) is 16.3 Å². The van der Waals surface area contributed by atoms with Gasteiger partial charge in [-0.3, -0.25) is 0 Å². The van der Waals surface area contributed by atoms with Crippen LogP contribution in [0.5, 0.6) is 5.75 Å². The first-order valence-electron chi connectivity index (χ1n) is 5.96. The van der Waals surface area contributed by atoms with Crippen LogP contribution >= 0.6 is 22.9 Å². The number of alkyl halides is 1. The lowest BCUT2D eigenvalue weighted by molar-refractivity contribution is 0.262. The number of nitrogens with zero attached hydrogens (tertiary/aromatic N) is 2. The van der Waals surface area contributed by atoms with E-state index in [4.69, 9.17) is 16.3 Å². The number of hydrogen-bond donors (Lipinski definition) is 0. The van der Waals surface area contributed by atoms with Gasteiger partial charge in [0.15, 0.2) is 0 Å². The SMILES string of the molecule is ClCCc1nnc(C2COc3ccccc3C2)s1. The molecule has 0 amide bonds. The van der Waals surface area contributed by atoms with E-state index < -0.39 is 0 Å². The molecule has 3 nitrogen and oxygen atoms in total. The number of ether oxygens (including phenoxy) is 1. The predicted molar refractivity (Wildman–Crippen MR) is 72.7 cm³/mol. The first kappa shape index (κ1) is 11.9. The van der Waals surface area contributed by atoms with Gasteiger partial charge in [-0.05, 0) is 18.1 Å². The Morgan fingerprint density at radius 2 is 2.22 bits per heavy atom. The third-order valence-corrected chi connectivity index (χ3v) is 4.35. The quantitative estimate of drug-likeness (QED) is 0.811. The van der Waals surface area contributed by atoms with Crippen molar-refractivity contribution < 1.29 is 4.74 Å². The maximum atomic E-state index is 5.77. The molecule has 94 valence electrons. The van der Waals surface area contributed by atoms with Crippen LogP contribution in [0.3, 0.4) is 0 Å². The molecule has 18 heavy (non-hydrogen) atoms. The zero-order valence-electron chi connectivity index (χ0n) is 9.80. The molecule has 1 aromatic heterocycles. The number of benzene rings is 1. The van der Waals surface area contributed by atoms with Gasteiger partial charge in [0.05, 0.1) is 12.5 Å². The average Bonchev–Trinajstić information content (AvgIpc) is 2.87. The molecule has 1 aromatic carbocycles. The average molecular weight is 281 g/mol. The maximum absolute atomic E-state index is 5.77. The summed E-state index contributed by atoms with van der Waals surface area (Å²) in [4.78, 5) is 0. The fourth-order valence-corrected chi connectivity index (χ4v) is 3.32. The van der Waals surface area contributed by atoms with Crippen LogP contribution in [0.15, 0.2) is 24.3 Å². The minimum absolute atomic E-state index is 0.321. The molecule has 2 heterocycles. The van der Waals surface area contributed by atoms with Gasteiger partial charge in [-0.25, -0.2) is 0 Å². The number of rotatable bonds is 3. The topological polar surface area (TPSA) is 35.0 Å². The number of para-hydroxylation sites is 1. The van der Waals surface area contributed by atoms with Crippen molar-refractivity contribution in [3.05, 3.63) is 39.8 Å². The van der Waals surface area contributed by atoms with Gasteiger partial charge >= 0.3 is 0 Å². The van der Waals surface area contributed by atoms with Crippen molar-refractivity contribution in [3.8, 4) is 5.75 Å². The van der Waals surface area contributed by atoms with Gasteiger partial charge in [0.25, 0.3) is 0 Å². The minimum atomic E-state index is 0.321. The zero-order chi connectivity index (χ0) is 12.4. The lowest BCUT2D eigenvalue weighted by Gasteiger charge is -2.23. The summed E-state index contributed by atoms with van der Waals surface area (Å²) in [6.45, 7) is 0.687. The molecule has 2 aromatic rings. The summed E-state index contributed by atoms with van der Waals surface area (Å²) in [5.74, 6) is 1.92. The van der Waals surface area contributed by atoms with Gasteiger partial charge in [-0.2, -0.15) is 0 Å². The lowest BCUT2D eigenvalue weighted by atomic mass is 9.97. The normalized spacial score (nSPS) is 18.2. The molecule has 1 atom stereocenters. The molecule has 0 bridgehead atoms. The molecule has 0 N–H and O–H groups in total. The molecule has 0 saturated carbocycles. The summed E-state index contributed by atoms with van der Waals surface area (Å²) in [6, 6.07) is 8.18. The van der Waals surface area contributed by atoms with Crippen LogP contribution in [0.1, 0.15) is 21.5 Å². The number of aryl methyl sites for hydroxylation is 1. The summed E-state index contributed by atoms with van der Waals surface area (Å²) in [5.41, 5.74) is 1.25. The van der Waals surface area contributed by atoms with Gasteiger partial charge in [0.2, 0.25) is 0 Å². The first-order valence-corrected chi connectivity index (χ1v) is 7.31. The highest BCUT2D eigenvalue weighted by atomic mass is 35.5. The van der Waals surface area contributed by atoms with E-state index in [1.165, 1.54) is 5.56 Å². The Morgan fingerprint density at radius 3 is 3.11 bits per heavy atom. The fourth-order valence-electron chi connectivity index (χ4n) is 2.10. The van der Waals surface area contributed by atoms with Gasteiger partial charge in [0, 0.05) is 12.3 Å². The van der Waals surface area contributed by atoms with Crippen molar-refractivity contribution >= 4 is 22.9 Å². The molecule has 3 rings (SSSR count). The second kappa shape index (κ2) is 5.24. The number of aromatic nitrogens is 2. The molecular weight excluding hydrogens is 268 g/mol. The van der Waals surface area contributed by atoms with Crippen LogP contribution in [0.25, 0.3) is 0 Å². The van der Waals surface area contributed by atoms with Crippen molar-refractivity contribution in [2.45, 2.75) is 18.8 Å². The van der Waals surface area contributed by atoms with Crippen molar-refractivity contribution in [2.24, 2.45) is 0 Å². The van der Waals surface area contributed by atoms with E-state index in [0.29, 0.717) is 18.4 Å². The molecule has 0 aliphatic carbocycles. The van der Waals surface area contributed by atoms with Crippen LogP contribution in [0, 0.1) is 0 Å². The van der Waals surface area contributed by atoms with Crippen molar-refractivity contribution in [1.29, 1.82) is 0 Å². The van der Waals surface area contributed by atoms with E-state index in [0.717, 1.165) is 28.6 Å². The molecule has 1 unspecified atom stereocenters. The Bertz CT molecular complexity index is 543. The summed E-state index contributed by atoms with van der Waals surface area (Å²) >= 11 is 7.36. The lowest BCUT2D eigenvalue weighted by Crippen LogP contribution is -2.18. The van der Waals surface area contributed by atoms with Crippen LogP contribution in [-0.2, 0) is 12.8 Å². The van der Waals surface area contributed by atoms with E-state index in [-0.39, 0.29) is 0 Å². The molecular formula is C13H13ClN2OS. The highest BCUT2D eigenvalue weighted by Gasteiger charge is 2.24. The summed E-state index contributed by atoms with van der Waals surface area (Å²) in [7, 11) is 0. The Labute approximate surface area is 115 Å². The Balaban J connectivity index is 1.78. The highest BCUT2D eigenvalue weighted by molar-refractivity contribution is 7.11. The van der Waals surface area contributed by atoms with Crippen molar-refractivity contribution in [3.63, 3.8) is 0 Å². The number of halogens is 1. The van der Waals surface area contributed by atoms with E-state index in [9.17, 15) is 0 Å². The monoisotopic (exact) mass is 280 g/mol. The van der Waals surface area contributed by atoms with E-state index in [1.807, 2.05) is 18.2 Å². The molecule has 5 heteroatoms. The Kier molecular flexibility index (Phi) is 3.48. The second-order valence-corrected chi connectivity index (χ2v) is 5.76. The second-order valence-electron chi connectivity index (χ2n) is 4.29. The van der Waals surface area contributed by atoms with Crippen LogP contribution in [-0.4, -0.2) is 22.7 Å². The van der Waals surface area contributed by atoms with Crippen LogP contribution in [0.4, 0.5) is 0 Å². The van der Waals surface area contributed by atoms with E-state index in [1.54, 1.807) is 11.3 Å². The van der Waals surface area contributed by atoms with Gasteiger partial charge < -0.3 is 4.74 Å². The summed E-state index contributed by atoms with van der Waals surface area (Å²) in [6.07, 6.45) is 1.77. The van der Waals surface area contributed by atoms with Gasteiger partial charge in [0.1, 0.15) is 15.8 Å². The summed E-state index contributed by atoms with van der Waals surface area (Å²) in [5, 5.41) is 10.5. The van der Waals surface area contributed by atoms with Crippen molar-refractivity contribution in [1.82, 2.24) is 10.2 Å². The smallest absolute Gasteiger partial charge is 0.124 e. The molecule has 0 spiro atoms. The summed E-state index contributed by atoms with van der Waals surface area (Å²) < 4.78 is 5.77. The maximum Gasteiger partial charge on any atom is 0.124 e.